The van der Waals surface area contributed by atoms with Crippen LogP contribution >= 0.6 is 0 Å². The van der Waals surface area contributed by atoms with E-state index in [-0.39, 0.29) is 18.9 Å². The van der Waals surface area contributed by atoms with Gasteiger partial charge in [-0.3, -0.25) is 14.4 Å². The Bertz CT molecular complexity index is 1130. The zero-order valence-electron chi connectivity index (χ0n) is 17.6. The molecule has 32 heavy (non-hydrogen) atoms. The molecule has 2 aromatic carbocycles. The fourth-order valence-electron chi connectivity index (χ4n) is 5.59. The lowest BCUT2D eigenvalue weighted by molar-refractivity contribution is -0.147. The van der Waals surface area contributed by atoms with Crippen molar-refractivity contribution in [2.24, 2.45) is 0 Å². The lowest BCUT2D eigenvalue weighted by atomic mass is 9.80. The molecule has 5 rings (SSSR count). The first-order valence-electron chi connectivity index (χ1n) is 11.0. The number of para-hydroxylation sites is 1. The molecule has 2 N–H and O–H groups in total. The molecule has 1 spiro atoms. The first-order valence-corrected chi connectivity index (χ1v) is 11.0. The molecule has 7 heteroatoms. The van der Waals surface area contributed by atoms with Gasteiger partial charge < -0.3 is 15.5 Å². The standard InChI is InChI=1S/C25H24N4O3/c26-15-18-14-24(19-10-4-5-11-20(19)27-23(24)32)16-29(18)22(31)21(30)28-25(12-6-7-13-25)17-8-2-1-3-9-17/h1-5,8-11,18H,6-7,12-14,16H2,(H,27,32)(H,28,30)/t18-,24-/m0/s1. The number of carbonyl (C=O) groups is 3. The van der Waals surface area contributed by atoms with E-state index in [9.17, 15) is 19.6 Å². The second-order valence-corrected chi connectivity index (χ2v) is 8.97. The van der Waals surface area contributed by atoms with Crippen molar-refractivity contribution >= 4 is 23.4 Å². The Balaban J connectivity index is 1.41. The van der Waals surface area contributed by atoms with E-state index < -0.39 is 28.8 Å². The number of anilines is 1. The fraction of sp³-hybridized carbons (Fsp3) is 0.360. The van der Waals surface area contributed by atoms with Gasteiger partial charge in [0, 0.05) is 18.7 Å². The number of hydrogen-bond donors (Lipinski definition) is 2. The van der Waals surface area contributed by atoms with Crippen molar-refractivity contribution in [3.05, 3.63) is 65.7 Å². The molecular weight excluding hydrogens is 404 g/mol. The summed E-state index contributed by atoms with van der Waals surface area (Å²) in [6.45, 7) is 0.0126. The summed E-state index contributed by atoms with van der Waals surface area (Å²) in [6.07, 6.45) is 3.63. The van der Waals surface area contributed by atoms with Crippen LogP contribution in [0.25, 0.3) is 0 Å². The quantitative estimate of drug-likeness (QED) is 0.718. The lowest BCUT2D eigenvalue weighted by Crippen LogP contribution is -2.52. The van der Waals surface area contributed by atoms with Gasteiger partial charge >= 0.3 is 11.8 Å². The molecule has 2 atom stereocenters. The summed E-state index contributed by atoms with van der Waals surface area (Å²) in [5.41, 5.74) is 0.874. The van der Waals surface area contributed by atoms with E-state index in [1.807, 2.05) is 54.6 Å². The van der Waals surface area contributed by atoms with Crippen molar-refractivity contribution in [3.8, 4) is 6.07 Å². The number of nitrogens with zero attached hydrogens (tertiary/aromatic N) is 2. The highest BCUT2D eigenvalue weighted by molar-refractivity contribution is 6.35. The Morgan fingerprint density at radius 1 is 1.06 bits per heavy atom. The van der Waals surface area contributed by atoms with Crippen molar-refractivity contribution in [1.82, 2.24) is 10.2 Å². The van der Waals surface area contributed by atoms with Crippen LogP contribution < -0.4 is 10.6 Å². The Labute approximate surface area is 186 Å². The number of amides is 3. The SMILES string of the molecule is N#C[C@@H]1C[C@@]2(CN1C(=O)C(=O)NC1(c3ccccc3)CCCC1)C(=O)Nc1ccccc12. The summed E-state index contributed by atoms with van der Waals surface area (Å²) in [6, 6.07) is 18.3. The van der Waals surface area contributed by atoms with Gasteiger partial charge in [0.05, 0.1) is 17.0 Å². The van der Waals surface area contributed by atoms with Crippen molar-refractivity contribution in [3.63, 3.8) is 0 Å². The zero-order valence-corrected chi connectivity index (χ0v) is 17.6. The maximum Gasteiger partial charge on any atom is 0.313 e. The first-order chi connectivity index (χ1) is 15.5. The average Bonchev–Trinajstić information content (AvgIpc) is 3.52. The van der Waals surface area contributed by atoms with E-state index in [1.54, 1.807) is 0 Å². The van der Waals surface area contributed by atoms with E-state index in [2.05, 4.69) is 16.7 Å². The monoisotopic (exact) mass is 428 g/mol. The van der Waals surface area contributed by atoms with Gasteiger partial charge in [-0.1, -0.05) is 61.4 Å². The molecule has 1 aliphatic carbocycles. The van der Waals surface area contributed by atoms with Crippen LogP contribution in [0.4, 0.5) is 5.69 Å². The van der Waals surface area contributed by atoms with Crippen LogP contribution in [0.3, 0.4) is 0 Å². The predicted molar refractivity (Wildman–Crippen MR) is 117 cm³/mol. The van der Waals surface area contributed by atoms with Crippen LogP contribution in [-0.4, -0.2) is 35.2 Å². The molecule has 3 amide bonds. The fourth-order valence-corrected chi connectivity index (χ4v) is 5.59. The maximum atomic E-state index is 13.3. The summed E-state index contributed by atoms with van der Waals surface area (Å²) in [7, 11) is 0. The number of fused-ring (bicyclic) bond motifs is 2. The van der Waals surface area contributed by atoms with E-state index >= 15 is 0 Å². The number of likely N-dealkylation sites (tertiary alicyclic amines) is 1. The minimum Gasteiger partial charge on any atom is -0.338 e. The van der Waals surface area contributed by atoms with Crippen molar-refractivity contribution in [1.29, 1.82) is 5.26 Å². The van der Waals surface area contributed by atoms with Crippen LogP contribution in [0.15, 0.2) is 54.6 Å². The topological polar surface area (TPSA) is 102 Å². The number of rotatable bonds is 2. The maximum absolute atomic E-state index is 13.3. The van der Waals surface area contributed by atoms with Gasteiger partial charge in [0.25, 0.3) is 0 Å². The smallest absolute Gasteiger partial charge is 0.313 e. The molecule has 3 aliphatic rings. The van der Waals surface area contributed by atoms with Crippen LogP contribution in [-0.2, 0) is 25.3 Å². The van der Waals surface area contributed by atoms with Gasteiger partial charge in [0.15, 0.2) is 0 Å². The highest BCUT2D eigenvalue weighted by atomic mass is 16.2. The second-order valence-electron chi connectivity index (χ2n) is 8.97. The van der Waals surface area contributed by atoms with E-state index in [1.165, 1.54) is 4.90 Å². The molecule has 2 aliphatic heterocycles. The number of nitrogens with one attached hydrogen (secondary N) is 2. The first kappa shape index (κ1) is 20.3. The number of benzene rings is 2. The van der Waals surface area contributed by atoms with Crippen molar-refractivity contribution < 1.29 is 14.4 Å². The molecule has 2 aromatic rings. The third-order valence-electron chi connectivity index (χ3n) is 7.22. The van der Waals surface area contributed by atoms with Gasteiger partial charge in [0.2, 0.25) is 5.91 Å². The summed E-state index contributed by atoms with van der Waals surface area (Å²) in [4.78, 5) is 40.6. The summed E-state index contributed by atoms with van der Waals surface area (Å²) in [5.74, 6) is -1.71. The highest BCUT2D eigenvalue weighted by Gasteiger charge is 2.56. The van der Waals surface area contributed by atoms with E-state index in [0.717, 1.165) is 36.8 Å². The Morgan fingerprint density at radius 2 is 1.75 bits per heavy atom. The molecular formula is C25H24N4O3. The predicted octanol–water partition coefficient (Wildman–Crippen LogP) is 2.59. The third kappa shape index (κ3) is 2.98. The minimum absolute atomic E-state index is 0.0126. The van der Waals surface area contributed by atoms with Crippen LogP contribution in [0, 0.1) is 11.3 Å². The molecule has 1 saturated heterocycles. The Kier molecular flexibility index (Phi) is 4.74. The summed E-state index contributed by atoms with van der Waals surface area (Å²) in [5, 5.41) is 15.6. The minimum atomic E-state index is -1.00. The van der Waals surface area contributed by atoms with Crippen molar-refractivity contribution in [2.45, 2.75) is 49.1 Å². The molecule has 0 bridgehead atoms. The third-order valence-corrected chi connectivity index (χ3v) is 7.22. The highest BCUT2D eigenvalue weighted by Crippen LogP contribution is 2.46. The molecule has 0 aromatic heterocycles. The van der Waals surface area contributed by atoms with Crippen LogP contribution in [0.5, 0.6) is 0 Å². The van der Waals surface area contributed by atoms with Crippen molar-refractivity contribution in [2.75, 3.05) is 11.9 Å². The summed E-state index contributed by atoms with van der Waals surface area (Å²) < 4.78 is 0. The molecule has 0 unspecified atom stereocenters. The van der Waals surface area contributed by atoms with Gasteiger partial charge in [-0.25, -0.2) is 0 Å². The van der Waals surface area contributed by atoms with E-state index in [4.69, 9.17) is 0 Å². The molecule has 162 valence electrons. The van der Waals surface area contributed by atoms with Gasteiger partial charge in [0.1, 0.15) is 6.04 Å². The number of carbonyl (C=O) groups excluding carboxylic acids is 3. The lowest BCUT2D eigenvalue weighted by Gasteiger charge is -2.32. The van der Waals surface area contributed by atoms with Gasteiger partial charge in [-0.05, 0) is 30.0 Å². The Hall–Kier alpha value is -3.66. The average molecular weight is 428 g/mol. The second kappa shape index (κ2) is 7.49. The van der Waals surface area contributed by atoms with Crippen LogP contribution in [0.1, 0.15) is 43.2 Å². The molecule has 1 saturated carbocycles. The van der Waals surface area contributed by atoms with Gasteiger partial charge in [-0.2, -0.15) is 5.26 Å². The zero-order chi connectivity index (χ0) is 22.3. The normalized spacial score (nSPS) is 25.3. The largest absolute Gasteiger partial charge is 0.338 e. The molecule has 2 heterocycles. The number of nitriles is 1. The molecule has 0 radical (unpaired) electrons. The van der Waals surface area contributed by atoms with E-state index in [0.29, 0.717) is 5.69 Å². The molecule has 7 nitrogen and oxygen atoms in total. The Morgan fingerprint density at radius 3 is 2.47 bits per heavy atom. The van der Waals surface area contributed by atoms with Gasteiger partial charge in [-0.15, -0.1) is 0 Å². The van der Waals surface area contributed by atoms with Crippen LogP contribution in [0.2, 0.25) is 0 Å². The number of hydrogen-bond acceptors (Lipinski definition) is 4. The summed E-state index contributed by atoms with van der Waals surface area (Å²) >= 11 is 0. The molecule has 2 fully saturated rings.